The molecule has 2 aromatic rings. The third-order valence-corrected chi connectivity index (χ3v) is 4.93. The lowest BCUT2D eigenvalue weighted by Gasteiger charge is -2.33. The van der Waals surface area contributed by atoms with Crippen molar-refractivity contribution >= 4 is 11.6 Å². The van der Waals surface area contributed by atoms with E-state index in [4.69, 9.17) is 0 Å². The van der Waals surface area contributed by atoms with Crippen LogP contribution in [0.5, 0.6) is 0 Å². The van der Waals surface area contributed by atoms with E-state index in [0.717, 1.165) is 29.7 Å². The summed E-state index contributed by atoms with van der Waals surface area (Å²) in [6.07, 6.45) is 3.45. The third-order valence-electron chi connectivity index (χ3n) is 4.93. The maximum absolute atomic E-state index is 12.5. The molecule has 0 aliphatic heterocycles. The van der Waals surface area contributed by atoms with Crippen molar-refractivity contribution in [2.75, 3.05) is 18.9 Å². The molecule has 0 bridgehead atoms. The van der Waals surface area contributed by atoms with Crippen molar-refractivity contribution in [1.29, 1.82) is 0 Å². The number of hydrogen-bond acceptors (Lipinski definition) is 2. The van der Waals surface area contributed by atoms with Crippen molar-refractivity contribution in [1.82, 2.24) is 4.90 Å². The van der Waals surface area contributed by atoms with Crippen LogP contribution in [0, 0.1) is 13.8 Å². The van der Waals surface area contributed by atoms with Crippen LogP contribution in [-0.2, 0) is 11.2 Å². The Morgan fingerprint density at radius 1 is 1.21 bits per heavy atom. The molecule has 3 rings (SSSR count). The molecule has 0 spiro atoms. The van der Waals surface area contributed by atoms with Gasteiger partial charge in [-0.2, -0.15) is 0 Å². The fourth-order valence-corrected chi connectivity index (χ4v) is 3.58. The van der Waals surface area contributed by atoms with Crippen molar-refractivity contribution in [3.63, 3.8) is 0 Å². The van der Waals surface area contributed by atoms with Crippen LogP contribution in [0.1, 0.15) is 41.1 Å². The summed E-state index contributed by atoms with van der Waals surface area (Å²) in [6.45, 7) is 4.47. The van der Waals surface area contributed by atoms with Gasteiger partial charge in [-0.15, -0.1) is 0 Å². The number of anilines is 1. The van der Waals surface area contributed by atoms with Gasteiger partial charge in [0, 0.05) is 11.7 Å². The summed E-state index contributed by atoms with van der Waals surface area (Å²) < 4.78 is 0. The highest BCUT2D eigenvalue weighted by atomic mass is 16.2. The standard InChI is InChI=1S/C21H26N2O/c1-15-11-12-16(2)19(13-15)22-21(24)14-23(3)20-10-6-8-17-7-4-5-9-18(17)20/h4-5,7,9,11-13,20H,6,8,10,14H2,1-3H3,(H,22,24)/t20-/m1/s1. The summed E-state index contributed by atoms with van der Waals surface area (Å²) in [6, 6.07) is 15.1. The number of nitrogens with zero attached hydrogens (tertiary/aromatic N) is 1. The van der Waals surface area contributed by atoms with Crippen molar-refractivity contribution in [3.05, 3.63) is 64.7 Å². The van der Waals surface area contributed by atoms with Gasteiger partial charge in [-0.25, -0.2) is 0 Å². The molecule has 0 aromatic heterocycles. The highest BCUT2D eigenvalue weighted by molar-refractivity contribution is 5.93. The molecular weight excluding hydrogens is 296 g/mol. The largest absolute Gasteiger partial charge is 0.325 e. The zero-order chi connectivity index (χ0) is 17.1. The topological polar surface area (TPSA) is 32.3 Å². The second kappa shape index (κ2) is 7.18. The summed E-state index contributed by atoms with van der Waals surface area (Å²) in [5.74, 6) is 0.0502. The minimum Gasteiger partial charge on any atom is -0.325 e. The van der Waals surface area contributed by atoms with Crippen LogP contribution in [0.25, 0.3) is 0 Å². The highest BCUT2D eigenvalue weighted by Crippen LogP contribution is 2.33. The maximum atomic E-state index is 12.5. The first kappa shape index (κ1) is 16.7. The minimum absolute atomic E-state index is 0.0502. The van der Waals surface area contributed by atoms with Crippen molar-refractivity contribution < 1.29 is 4.79 Å². The molecule has 1 N–H and O–H groups in total. The van der Waals surface area contributed by atoms with Crippen LogP contribution in [0.4, 0.5) is 5.69 Å². The quantitative estimate of drug-likeness (QED) is 0.912. The van der Waals surface area contributed by atoms with E-state index in [1.807, 2.05) is 26.0 Å². The molecule has 1 aliphatic carbocycles. The third kappa shape index (κ3) is 3.68. The normalized spacial score (nSPS) is 16.8. The van der Waals surface area contributed by atoms with Crippen LogP contribution in [-0.4, -0.2) is 24.4 Å². The number of aryl methyl sites for hydroxylation is 3. The Balaban J connectivity index is 1.68. The second-order valence-corrected chi connectivity index (χ2v) is 6.89. The second-order valence-electron chi connectivity index (χ2n) is 6.89. The van der Waals surface area contributed by atoms with E-state index in [-0.39, 0.29) is 5.91 Å². The Morgan fingerprint density at radius 2 is 2.00 bits per heavy atom. The molecule has 3 nitrogen and oxygen atoms in total. The number of likely N-dealkylation sites (N-methyl/N-ethyl adjacent to an activating group) is 1. The Morgan fingerprint density at radius 3 is 2.83 bits per heavy atom. The lowest BCUT2D eigenvalue weighted by molar-refractivity contribution is -0.117. The Labute approximate surface area is 144 Å². The number of carbonyl (C=O) groups excluding carboxylic acids is 1. The van der Waals surface area contributed by atoms with Gasteiger partial charge in [-0.3, -0.25) is 9.69 Å². The van der Waals surface area contributed by atoms with Crippen LogP contribution in [0.3, 0.4) is 0 Å². The summed E-state index contributed by atoms with van der Waals surface area (Å²) in [4.78, 5) is 14.7. The number of rotatable bonds is 4. The zero-order valence-corrected chi connectivity index (χ0v) is 14.8. The number of carbonyl (C=O) groups is 1. The fraction of sp³-hybridized carbons (Fsp3) is 0.381. The molecule has 0 saturated heterocycles. The number of fused-ring (bicyclic) bond motifs is 1. The van der Waals surface area contributed by atoms with Gasteiger partial charge in [0.25, 0.3) is 0 Å². The van der Waals surface area contributed by atoms with E-state index >= 15 is 0 Å². The van der Waals surface area contributed by atoms with Gasteiger partial charge in [-0.05, 0) is 68.5 Å². The van der Waals surface area contributed by atoms with Crippen LogP contribution in [0.2, 0.25) is 0 Å². The van der Waals surface area contributed by atoms with Gasteiger partial charge in [0.2, 0.25) is 5.91 Å². The van der Waals surface area contributed by atoms with Crippen LogP contribution < -0.4 is 5.32 Å². The van der Waals surface area contributed by atoms with Gasteiger partial charge < -0.3 is 5.32 Å². The Bertz CT molecular complexity index is 738. The minimum atomic E-state index is 0.0502. The SMILES string of the molecule is Cc1ccc(C)c(NC(=O)CN(C)[C@@H]2CCCc3ccccc32)c1. The van der Waals surface area contributed by atoms with Crippen LogP contribution in [0.15, 0.2) is 42.5 Å². The molecule has 1 aliphatic rings. The average Bonchev–Trinajstić information content (AvgIpc) is 2.57. The lowest BCUT2D eigenvalue weighted by atomic mass is 9.87. The Kier molecular flexibility index (Phi) is 5.00. The molecule has 24 heavy (non-hydrogen) atoms. The van der Waals surface area contributed by atoms with Gasteiger partial charge in [-0.1, -0.05) is 36.4 Å². The number of nitrogens with one attached hydrogen (secondary N) is 1. The molecule has 2 aromatic carbocycles. The van der Waals surface area contributed by atoms with Crippen molar-refractivity contribution in [2.24, 2.45) is 0 Å². The smallest absolute Gasteiger partial charge is 0.238 e. The molecule has 1 atom stereocenters. The number of amides is 1. The van der Waals surface area contributed by atoms with Gasteiger partial charge in [0.05, 0.1) is 6.54 Å². The van der Waals surface area contributed by atoms with Crippen molar-refractivity contribution in [3.8, 4) is 0 Å². The predicted octanol–water partition coefficient (Wildman–Crippen LogP) is 4.25. The number of benzene rings is 2. The van der Waals surface area contributed by atoms with E-state index in [2.05, 4.69) is 47.6 Å². The maximum Gasteiger partial charge on any atom is 0.238 e. The summed E-state index contributed by atoms with van der Waals surface area (Å²) in [5.41, 5.74) is 5.98. The molecule has 0 saturated carbocycles. The molecular formula is C21H26N2O. The van der Waals surface area contributed by atoms with E-state index < -0.39 is 0 Å². The monoisotopic (exact) mass is 322 g/mol. The van der Waals surface area contributed by atoms with E-state index in [9.17, 15) is 4.79 Å². The molecule has 126 valence electrons. The molecule has 0 radical (unpaired) electrons. The molecule has 0 unspecified atom stereocenters. The first-order valence-corrected chi connectivity index (χ1v) is 8.70. The first-order valence-electron chi connectivity index (χ1n) is 8.70. The number of hydrogen-bond donors (Lipinski definition) is 1. The predicted molar refractivity (Wildman–Crippen MR) is 99.3 cm³/mol. The Hall–Kier alpha value is -2.13. The van der Waals surface area contributed by atoms with Gasteiger partial charge >= 0.3 is 0 Å². The van der Waals surface area contributed by atoms with Crippen LogP contribution >= 0.6 is 0 Å². The summed E-state index contributed by atoms with van der Waals surface area (Å²) in [7, 11) is 2.05. The highest BCUT2D eigenvalue weighted by Gasteiger charge is 2.24. The first-order chi connectivity index (χ1) is 11.5. The van der Waals surface area contributed by atoms with Crippen molar-refractivity contribution in [2.45, 2.75) is 39.2 Å². The lowest BCUT2D eigenvalue weighted by Crippen LogP contribution is -2.35. The zero-order valence-electron chi connectivity index (χ0n) is 14.8. The fourth-order valence-electron chi connectivity index (χ4n) is 3.58. The average molecular weight is 322 g/mol. The van der Waals surface area contributed by atoms with Gasteiger partial charge in [0.1, 0.15) is 0 Å². The molecule has 0 fully saturated rings. The van der Waals surface area contributed by atoms with E-state index in [1.165, 1.54) is 17.5 Å². The van der Waals surface area contributed by atoms with E-state index in [0.29, 0.717) is 12.6 Å². The molecule has 3 heteroatoms. The van der Waals surface area contributed by atoms with Gasteiger partial charge in [0.15, 0.2) is 0 Å². The summed E-state index contributed by atoms with van der Waals surface area (Å²) in [5, 5.41) is 3.06. The molecule has 1 amide bonds. The van der Waals surface area contributed by atoms with E-state index in [1.54, 1.807) is 0 Å². The molecule has 0 heterocycles. The summed E-state index contributed by atoms with van der Waals surface area (Å²) >= 11 is 0.